The Balaban J connectivity index is 1.67. The molecule has 1 saturated heterocycles. The predicted octanol–water partition coefficient (Wildman–Crippen LogP) is 3.19. The summed E-state index contributed by atoms with van der Waals surface area (Å²) in [5, 5.41) is -0.411. The average Bonchev–Trinajstić information content (AvgIpc) is 3.35. The zero-order valence-electron chi connectivity index (χ0n) is 20.3. The van der Waals surface area contributed by atoms with Crippen LogP contribution in [-0.4, -0.2) is 50.2 Å². The monoisotopic (exact) mass is 530 g/mol. The number of sulfonamides is 1. The third-order valence-electron chi connectivity index (χ3n) is 5.27. The molecule has 1 aliphatic rings. The van der Waals surface area contributed by atoms with E-state index in [9.17, 15) is 17.6 Å². The molecule has 3 N–H and O–H groups in total. The summed E-state index contributed by atoms with van der Waals surface area (Å²) in [6.45, 7) is 5.12. The largest absolute Gasteiger partial charge is 0.493 e. The summed E-state index contributed by atoms with van der Waals surface area (Å²) in [5.41, 5.74) is 6.15. The highest BCUT2D eigenvalue weighted by Crippen LogP contribution is 2.29. The number of amides is 1. The summed E-state index contributed by atoms with van der Waals surface area (Å²) in [6.07, 6.45) is 0.171. The van der Waals surface area contributed by atoms with Gasteiger partial charge in [-0.15, -0.1) is 0 Å². The Hall–Kier alpha value is -3.77. The van der Waals surface area contributed by atoms with Gasteiger partial charge in [-0.25, -0.2) is 19.1 Å². The van der Waals surface area contributed by atoms with Crippen molar-refractivity contribution >= 4 is 21.7 Å². The second kappa shape index (κ2) is 11.1. The Morgan fingerprint density at radius 1 is 1.22 bits per heavy atom. The fourth-order valence-corrected chi connectivity index (χ4v) is 4.44. The van der Waals surface area contributed by atoms with Gasteiger partial charge < -0.3 is 19.9 Å². The molecule has 0 spiro atoms. The molecule has 10 nitrogen and oxygen atoms in total. The van der Waals surface area contributed by atoms with Crippen molar-refractivity contribution in [2.24, 2.45) is 5.92 Å². The second-order valence-corrected chi connectivity index (χ2v) is 10.5. The van der Waals surface area contributed by atoms with Crippen molar-refractivity contribution in [3.8, 4) is 22.9 Å². The Morgan fingerprint density at radius 3 is 2.73 bits per heavy atom. The van der Waals surface area contributed by atoms with Gasteiger partial charge in [0.2, 0.25) is 5.88 Å². The van der Waals surface area contributed by atoms with Crippen LogP contribution in [-0.2, 0) is 14.8 Å². The van der Waals surface area contributed by atoms with Gasteiger partial charge in [-0.05, 0) is 42.3 Å². The molecule has 3 aromatic rings. The predicted molar refractivity (Wildman–Crippen MR) is 133 cm³/mol. The summed E-state index contributed by atoms with van der Waals surface area (Å²) >= 11 is 0. The van der Waals surface area contributed by atoms with Crippen LogP contribution >= 0.6 is 0 Å². The number of aromatic nitrogens is 2. The lowest BCUT2D eigenvalue weighted by Gasteiger charge is -2.16. The van der Waals surface area contributed by atoms with Crippen molar-refractivity contribution < 1.29 is 31.8 Å². The molecule has 0 radical (unpaired) electrons. The number of ether oxygens (including phenoxy) is 3. The van der Waals surface area contributed by atoms with Crippen molar-refractivity contribution in [3.63, 3.8) is 0 Å². The Labute approximate surface area is 214 Å². The molecule has 0 saturated carbocycles. The van der Waals surface area contributed by atoms with Crippen LogP contribution in [0.25, 0.3) is 11.3 Å². The van der Waals surface area contributed by atoms with Crippen molar-refractivity contribution in [1.29, 1.82) is 0 Å². The third kappa shape index (κ3) is 6.71. The van der Waals surface area contributed by atoms with Gasteiger partial charge in [0.15, 0.2) is 5.03 Å². The second-order valence-electron chi connectivity index (χ2n) is 8.87. The highest BCUT2D eigenvalue weighted by Gasteiger charge is 2.26. The summed E-state index contributed by atoms with van der Waals surface area (Å²) in [4.78, 5) is 21.2. The van der Waals surface area contributed by atoms with E-state index in [2.05, 4.69) is 9.97 Å². The number of nitrogens with two attached hydrogens (primary N) is 1. The molecular formula is C25H27FN4O6S. The molecular weight excluding hydrogens is 503 g/mol. The van der Waals surface area contributed by atoms with E-state index >= 15 is 0 Å². The van der Waals surface area contributed by atoms with Crippen molar-refractivity contribution in [3.05, 3.63) is 59.9 Å². The molecule has 1 unspecified atom stereocenters. The van der Waals surface area contributed by atoms with E-state index in [4.69, 9.17) is 19.9 Å². The number of hydrogen-bond acceptors (Lipinski definition) is 9. The number of benzene rings is 1. The number of anilines is 1. The molecule has 12 heteroatoms. The first-order valence-corrected chi connectivity index (χ1v) is 13.1. The number of carbonyl (C=O) groups is 1. The topological polar surface area (TPSA) is 143 Å². The molecule has 3 heterocycles. The van der Waals surface area contributed by atoms with Crippen LogP contribution in [0.2, 0.25) is 0 Å². The number of nitrogen functional groups attached to an aromatic ring is 1. The summed E-state index contributed by atoms with van der Waals surface area (Å²) < 4.78 is 58.6. The quantitative estimate of drug-likeness (QED) is 0.426. The maximum Gasteiger partial charge on any atom is 0.281 e. The number of carbonyl (C=O) groups excluding carboxylic acids is 1. The lowest BCUT2D eigenvalue weighted by atomic mass is 10.1. The Kier molecular flexibility index (Phi) is 7.89. The standard InChI is InChI=1S/C25H27FN4O6S/c1-15(2)13-35-19-11-16(10-17(26)12-19)21-7-6-20(25(28-21)36-18-8-9-34-14-18)24(31)30-37(32,33)23-5-3-4-22(27)29-23/h3-7,10-12,15,18H,8-9,13-14H2,1-2H3,(H2,27,29)(H,30,31). The molecule has 1 amide bonds. The first kappa shape index (κ1) is 26.3. The number of nitrogens with zero attached hydrogens (tertiary/aromatic N) is 2. The molecule has 1 aliphatic heterocycles. The fourth-order valence-electron chi connectivity index (χ4n) is 3.49. The van der Waals surface area contributed by atoms with E-state index in [1.165, 1.54) is 42.5 Å². The van der Waals surface area contributed by atoms with Gasteiger partial charge in [0, 0.05) is 18.1 Å². The van der Waals surface area contributed by atoms with Crippen molar-refractivity contribution in [2.45, 2.75) is 31.4 Å². The van der Waals surface area contributed by atoms with Crippen LogP contribution in [0.3, 0.4) is 0 Å². The van der Waals surface area contributed by atoms with Gasteiger partial charge in [-0.1, -0.05) is 19.9 Å². The number of hydrogen-bond donors (Lipinski definition) is 2. The number of nitrogens with one attached hydrogen (secondary N) is 1. The first-order chi connectivity index (χ1) is 17.6. The van der Waals surface area contributed by atoms with Crippen LogP contribution in [0.5, 0.6) is 11.6 Å². The smallest absolute Gasteiger partial charge is 0.281 e. The molecule has 196 valence electrons. The van der Waals surface area contributed by atoms with Gasteiger partial charge in [-0.3, -0.25) is 4.79 Å². The van der Waals surface area contributed by atoms with E-state index in [0.29, 0.717) is 36.6 Å². The van der Waals surface area contributed by atoms with E-state index in [-0.39, 0.29) is 35.9 Å². The number of halogens is 1. The number of pyridine rings is 2. The molecule has 1 atom stereocenters. The lowest BCUT2D eigenvalue weighted by Crippen LogP contribution is -2.32. The highest BCUT2D eigenvalue weighted by atomic mass is 32.2. The minimum Gasteiger partial charge on any atom is -0.493 e. The van der Waals surface area contributed by atoms with E-state index in [1.807, 2.05) is 18.6 Å². The molecule has 1 fully saturated rings. The minimum absolute atomic E-state index is 0.0153. The van der Waals surface area contributed by atoms with Crippen LogP contribution in [0.4, 0.5) is 10.2 Å². The highest BCUT2D eigenvalue weighted by molar-refractivity contribution is 7.90. The van der Waals surface area contributed by atoms with Crippen molar-refractivity contribution in [1.82, 2.24) is 14.7 Å². The first-order valence-electron chi connectivity index (χ1n) is 11.6. The molecule has 0 aliphatic carbocycles. The summed E-state index contributed by atoms with van der Waals surface area (Å²) in [6, 6.07) is 11.1. The third-order valence-corrected chi connectivity index (χ3v) is 6.50. The maximum absolute atomic E-state index is 14.3. The fraction of sp³-hybridized carbons (Fsp3) is 0.320. The van der Waals surface area contributed by atoms with Crippen LogP contribution in [0.15, 0.2) is 53.6 Å². The minimum atomic E-state index is -4.33. The molecule has 4 rings (SSSR count). The molecule has 1 aromatic carbocycles. The number of rotatable bonds is 9. The Bertz CT molecular complexity index is 1390. The summed E-state index contributed by atoms with van der Waals surface area (Å²) in [7, 11) is -4.33. The van der Waals surface area contributed by atoms with E-state index in [0.717, 1.165) is 0 Å². The Morgan fingerprint density at radius 2 is 2.03 bits per heavy atom. The average molecular weight is 531 g/mol. The summed E-state index contributed by atoms with van der Waals surface area (Å²) in [5.74, 6) is -1.05. The van der Waals surface area contributed by atoms with E-state index < -0.39 is 26.8 Å². The molecule has 0 bridgehead atoms. The molecule has 37 heavy (non-hydrogen) atoms. The molecule has 2 aromatic heterocycles. The van der Waals surface area contributed by atoms with Crippen LogP contribution in [0.1, 0.15) is 30.6 Å². The lowest BCUT2D eigenvalue weighted by molar-refractivity contribution is 0.0968. The van der Waals surface area contributed by atoms with Crippen LogP contribution in [0, 0.1) is 11.7 Å². The van der Waals surface area contributed by atoms with Gasteiger partial charge in [-0.2, -0.15) is 8.42 Å². The van der Waals surface area contributed by atoms with Gasteiger partial charge >= 0.3 is 0 Å². The van der Waals surface area contributed by atoms with Crippen molar-refractivity contribution in [2.75, 3.05) is 25.6 Å². The van der Waals surface area contributed by atoms with Gasteiger partial charge in [0.1, 0.15) is 29.1 Å². The van der Waals surface area contributed by atoms with Gasteiger partial charge in [0.05, 0.1) is 25.5 Å². The van der Waals surface area contributed by atoms with Gasteiger partial charge in [0.25, 0.3) is 15.9 Å². The van der Waals surface area contributed by atoms with E-state index in [1.54, 1.807) is 6.07 Å². The zero-order chi connectivity index (χ0) is 26.6. The van der Waals surface area contributed by atoms with Crippen LogP contribution < -0.4 is 19.9 Å². The SMILES string of the molecule is CC(C)COc1cc(F)cc(-c2ccc(C(=O)NS(=O)(=O)c3cccc(N)n3)c(OC3CCOC3)n2)c1. The normalized spacial score (nSPS) is 15.5. The maximum atomic E-state index is 14.3. The zero-order valence-corrected chi connectivity index (χ0v) is 21.1.